The molecule has 2 nitrogen and oxygen atoms in total. The van der Waals surface area contributed by atoms with Gasteiger partial charge in [-0.05, 0) is 48.9 Å². The average molecular weight is 294 g/mol. The number of benzene rings is 2. The molecule has 0 aliphatic carbocycles. The molecule has 0 saturated heterocycles. The largest absolute Gasteiger partial charge is 0.456 e. The molecule has 2 aromatic carbocycles. The van der Waals surface area contributed by atoms with Gasteiger partial charge in [0.25, 0.3) is 0 Å². The number of nitrogens with one attached hydrogen (secondary N) is 1. The van der Waals surface area contributed by atoms with E-state index in [0.29, 0.717) is 23.1 Å². The molecule has 106 valence electrons. The molecule has 1 N–H and O–H groups in total. The van der Waals surface area contributed by atoms with Crippen molar-refractivity contribution in [2.45, 2.75) is 20.4 Å². The summed E-state index contributed by atoms with van der Waals surface area (Å²) in [6.07, 6.45) is 0. The highest BCUT2D eigenvalue weighted by Crippen LogP contribution is 2.30. The molecular weight excluding hydrogens is 277 g/mol. The molecule has 0 spiro atoms. The van der Waals surface area contributed by atoms with E-state index in [1.54, 1.807) is 6.07 Å². The Morgan fingerprint density at radius 1 is 1.20 bits per heavy atom. The van der Waals surface area contributed by atoms with Crippen molar-refractivity contribution < 1.29 is 9.13 Å². The predicted molar refractivity (Wildman–Crippen MR) is 80.0 cm³/mol. The van der Waals surface area contributed by atoms with Gasteiger partial charge in [-0.1, -0.05) is 24.6 Å². The lowest BCUT2D eigenvalue weighted by Crippen LogP contribution is -2.11. The average Bonchev–Trinajstić information content (AvgIpc) is 2.39. The molecule has 2 aromatic rings. The molecule has 0 radical (unpaired) electrons. The highest BCUT2D eigenvalue weighted by atomic mass is 35.5. The Bertz CT molecular complexity index is 601. The molecule has 0 bridgehead atoms. The summed E-state index contributed by atoms with van der Waals surface area (Å²) in [6, 6.07) is 10.2. The van der Waals surface area contributed by atoms with Crippen LogP contribution in [0.25, 0.3) is 0 Å². The highest BCUT2D eigenvalue weighted by Gasteiger charge is 2.06. The van der Waals surface area contributed by atoms with E-state index in [4.69, 9.17) is 16.3 Å². The first kappa shape index (κ1) is 14.8. The zero-order valence-corrected chi connectivity index (χ0v) is 12.3. The fraction of sp³-hybridized carbons (Fsp3) is 0.250. The topological polar surface area (TPSA) is 21.3 Å². The van der Waals surface area contributed by atoms with Gasteiger partial charge >= 0.3 is 0 Å². The lowest BCUT2D eigenvalue weighted by atomic mass is 10.2. The van der Waals surface area contributed by atoms with Crippen LogP contribution in [0, 0.1) is 12.7 Å². The van der Waals surface area contributed by atoms with E-state index in [9.17, 15) is 4.39 Å². The van der Waals surface area contributed by atoms with Gasteiger partial charge in [0.05, 0.1) is 5.02 Å². The van der Waals surface area contributed by atoms with Gasteiger partial charge in [0.15, 0.2) is 0 Å². The summed E-state index contributed by atoms with van der Waals surface area (Å²) in [5.41, 5.74) is 1.89. The molecule has 0 atom stereocenters. The third-order valence-corrected chi connectivity index (χ3v) is 3.12. The molecule has 4 heteroatoms. The van der Waals surface area contributed by atoms with Crippen molar-refractivity contribution in [3.05, 3.63) is 58.4 Å². The van der Waals surface area contributed by atoms with Gasteiger partial charge in [-0.15, -0.1) is 0 Å². The highest BCUT2D eigenvalue weighted by molar-refractivity contribution is 6.32. The third kappa shape index (κ3) is 3.95. The van der Waals surface area contributed by atoms with Crippen molar-refractivity contribution >= 4 is 11.6 Å². The second-order valence-corrected chi connectivity index (χ2v) is 5.02. The fourth-order valence-electron chi connectivity index (χ4n) is 1.87. The Balaban J connectivity index is 2.21. The third-order valence-electron chi connectivity index (χ3n) is 2.83. The standard InChI is InChI=1S/C16H17ClFNO/c1-3-19-10-12-7-13(18)9-14(8-12)20-16-5-4-11(2)6-15(16)17/h4-9,19H,3,10H2,1-2H3. The summed E-state index contributed by atoms with van der Waals surface area (Å²) in [6.45, 7) is 5.39. The van der Waals surface area contributed by atoms with E-state index in [2.05, 4.69) is 5.32 Å². The van der Waals surface area contributed by atoms with E-state index in [-0.39, 0.29) is 5.82 Å². The Morgan fingerprint density at radius 2 is 2.00 bits per heavy atom. The quantitative estimate of drug-likeness (QED) is 0.863. The Hall–Kier alpha value is -1.58. The molecule has 0 aromatic heterocycles. The van der Waals surface area contributed by atoms with E-state index < -0.39 is 0 Å². The van der Waals surface area contributed by atoms with Crippen LogP contribution in [0.15, 0.2) is 36.4 Å². The summed E-state index contributed by atoms with van der Waals surface area (Å²) >= 11 is 6.11. The van der Waals surface area contributed by atoms with E-state index in [0.717, 1.165) is 17.7 Å². The van der Waals surface area contributed by atoms with Gasteiger partial charge < -0.3 is 10.1 Å². The molecule has 0 fully saturated rings. The van der Waals surface area contributed by atoms with Crippen molar-refractivity contribution in [2.75, 3.05) is 6.54 Å². The van der Waals surface area contributed by atoms with Gasteiger partial charge in [-0.2, -0.15) is 0 Å². The number of hydrogen-bond acceptors (Lipinski definition) is 2. The van der Waals surface area contributed by atoms with Crippen LogP contribution in [0.4, 0.5) is 4.39 Å². The predicted octanol–water partition coefficient (Wildman–Crippen LogP) is 4.69. The van der Waals surface area contributed by atoms with Gasteiger partial charge in [0.2, 0.25) is 0 Å². The molecule has 20 heavy (non-hydrogen) atoms. The normalized spacial score (nSPS) is 10.6. The van der Waals surface area contributed by atoms with Crippen LogP contribution >= 0.6 is 11.6 Å². The minimum atomic E-state index is -0.321. The molecule has 0 aliphatic rings. The van der Waals surface area contributed by atoms with Gasteiger partial charge in [-0.25, -0.2) is 4.39 Å². The Labute approximate surface area is 123 Å². The summed E-state index contributed by atoms with van der Waals surface area (Å²) in [7, 11) is 0. The zero-order valence-electron chi connectivity index (χ0n) is 11.5. The summed E-state index contributed by atoms with van der Waals surface area (Å²) < 4.78 is 19.2. The summed E-state index contributed by atoms with van der Waals surface area (Å²) in [5.74, 6) is 0.652. The molecular formula is C16H17ClFNO. The second kappa shape index (κ2) is 6.73. The number of hydrogen-bond donors (Lipinski definition) is 1. The van der Waals surface area contributed by atoms with E-state index in [1.807, 2.05) is 32.0 Å². The monoisotopic (exact) mass is 293 g/mol. The van der Waals surface area contributed by atoms with Crippen molar-refractivity contribution in [3.8, 4) is 11.5 Å². The maximum atomic E-state index is 13.6. The minimum absolute atomic E-state index is 0.321. The number of ether oxygens (including phenoxy) is 1. The number of aryl methyl sites for hydroxylation is 1. The van der Waals surface area contributed by atoms with Crippen LogP contribution in [0.1, 0.15) is 18.1 Å². The number of rotatable bonds is 5. The molecule has 0 aliphatic heterocycles. The Kier molecular flexibility index (Phi) is 4.99. The van der Waals surface area contributed by atoms with Crippen LogP contribution in [-0.4, -0.2) is 6.54 Å². The van der Waals surface area contributed by atoms with Crippen LogP contribution in [0.5, 0.6) is 11.5 Å². The lowest BCUT2D eigenvalue weighted by Gasteiger charge is -2.10. The van der Waals surface area contributed by atoms with Crippen LogP contribution in [0.2, 0.25) is 5.02 Å². The smallest absolute Gasteiger partial charge is 0.146 e. The molecule has 0 amide bonds. The molecule has 0 unspecified atom stereocenters. The maximum absolute atomic E-state index is 13.6. The van der Waals surface area contributed by atoms with Gasteiger partial charge in [-0.3, -0.25) is 0 Å². The van der Waals surface area contributed by atoms with Crippen LogP contribution in [0.3, 0.4) is 0 Å². The second-order valence-electron chi connectivity index (χ2n) is 4.61. The van der Waals surface area contributed by atoms with Crippen LogP contribution < -0.4 is 10.1 Å². The first-order valence-corrected chi connectivity index (χ1v) is 6.90. The maximum Gasteiger partial charge on any atom is 0.146 e. The first-order chi connectivity index (χ1) is 9.58. The lowest BCUT2D eigenvalue weighted by molar-refractivity contribution is 0.475. The summed E-state index contributed by atoms with van der Waals surface area (Å²) in [5, 5.41) is 3.67. The SMILES string of the molecule is CCNCc1cc(F)cc(Oc2ccc(C)cc2Cl)c1. The van der Waals surface area contributed by atoms with Crippen molar-refractivity contribution in [3.63, 3.8) is 0 Å². The van der Waals surface area contributed by atoms with Crippen molar-refractivity contribution in [1.82, 2.24) is 5.32 Å². The fourth-order valence-corrected chi connectivity index (χ4v) is 2.14. The van der Waals surface area contributed by atoms with Crippen molar-refractivity contribution in [1.29, 1.82) is 0 Å². The Morgan fingerprint density at radius 3 is 2.70 bits per heavy atom. The van der Waals surface area contributed by atoms with Crippen molar-refractivity contribution in [2.24, 2.45) is 0 Å². The summed E-state index contributed by atoms with van der Waals surface area (Å²) in [4.78, 5) is 0. The van der Waals surface area contributed by atoms with E-state index >= 15 is 0 Å². The van der Waals surface area contributed by atoms with Crippen LogP contribution in [-0.2, 0) is 6.54 Å². The number of halogens is 2. The first-order valence-electron chi connectivity index (χ1n) is 6.52. The molecule has 2 rings (SSSR count). The minimum Gasteiger partial charge on any atom is -0.456 e. The van der Waals surface area contributed by atoms with E-state index in [1.165, 1.54) is 12.1 Å². The zero-order chi connectivity index (χ0) is 14.5. The van der Waals surface area contributed by atoms with Gasteiger partial charge in [0.1, 0.15) is 17.3 Å². The molecule has 0 heterocycles. The van der Waals surface area contributed by atoms with Gasteiger partial charge in [0, 0.05) is 12.6 Å². The molecule has 0 saturated carbocycles.